The minimum atomic E-state index is -0.216. The largest absolute Gasteiger partial charge is 0.497 e. The fraction of sp³-hybridized carbons (Fsp3) is 0.320. The first-order valence-corrected chi connectivity index (χ1v) is 10.7. The Hall–Kier alpha value is -3.61. The van der Waals surface area contributed by atoms with Gasteiger partial charge in [0, 0.05) is 28.8 Å². The summed E-state index contributed by atoms with van der Waals surface area (Å²) in [6.07, 6.45) is 0.941. The molecule has 0 fully saturated rings. The summed E-state index contributed by atoms with van der Waals surface area (Å²) in [5, 5.41) is 8.80. The summed E-state index contributed by atoms with van der Waals surface area (Å²) in [5.74, 6) is 1.40. The van der Waals surface area contributed by atoms with Crippen molar-refractivity contribution in [1.29, 1.82) is 0 Å². The standard InChI is InChI=1S/C25H28N4O3/c1-15-19(17(3)29-25(27-15)20-8-6-7-9-22(20)28-29)11-13-24(30)26-16(2)21-14-18(31-4)10-12-23(21)32-5/h6-10,12,14,16H,11,13H2,1-5H3,(H,26,30)/t16-/m0/s1. The van der Waals surface area contributed by atoms with E-state index in [1.165, 1.54) is 0 Å². The average Bonchev–Trinajstić information content (AvgIpc) is 3.17. The Labute approximate surface area is 187 Å². The lowest BCUT2D eigenvalue weighted by Crippen LogP contribution is -2.27. The summed E-state index contributed by atoms with van der Waals surface area (Å²) in [5.41, 5.74) is 5.63. The molecule has 166 valence electrons. The van der Waals surface area contributed by atoms with Crippen molar-refractivity contribution in [3.05, 3.63) is 65.0 Å². The van der Waals surface area contributed by atoms with Gasteiger partial charge in [0.25, 0.3) is 0 Å². The first kappa shape index (κ1) is 21.6. The molecule has 0 bridgehead atoms. The zero-order chi connectivity index (χ0) is 22.8. The molecule has 1 amide bonds. The number of fused-ring (bicyclic) bond motifs is 3. The van der Waals surface area contributed by atoms with Gasteiger partial charge < -0.3 is 14.8 Å². The van der Waals surface area contributed by atoms with Crippen molar-refractivity contribution in [3.8, 4) is 11.5 Å². The van der Waals surface area contributed by atoms with Crippen molar-refractivity contribution in [2.75, 3.05) is 14.2 Å². The lowest BCUT2D eigenvalue weighted by Gasteiger charge is -2.18. The number of hydrogen-bond donors (Lipinski definition) is 1. The molecule has 2 aromatic carbocycles. The molecule has 2 heterocycles. The van der Waals surface area contributed by atoms with Crippen LogP contribution in [0.1, 0.15) is 41.9 Å². The molecule has 32 heavy (non-hydrogen) atoms. The molecule has 4 rings (SSSR count). The van der Waals surface area contributed by atoms with E-state index in [0.717, 1.165) is 44.8 Å². The summed E-state index contributed by atoms with van der Waals surface area (Å²) in [4.78, 5) is 17.5. The highest BCUT2D eigenvalue weighted by Crippen LogP contribution is 2.29. The minimum Gasteiger partial charge on any atom is -0.497 e. The van der Waals surface area contributed by atoms with Crippen LogP contribution < -0.4 is 14.8 Å². The number of hydrogen-bond acceptors (Lipinski definition) is 5. The third-order valence-corrected chi connectivity index (χ3v) is 5.90. The predicted molar refractivity (Wildman–Crippen MR) is 124 cm³/mol. The SMILES string of the molecule is COc1ccc(OC)c([C@H](C)NC(=O)CCc2c(C)nc3c4ccccc4nn3c2C)c1. The Morgan fingerprint density at radius 1 is 1.12 bits per heavy atom. The molecule has 0 aliphatic carbocycles. The van der Waals surface area contributed by atoms with E-state index in [1.54, 1.807) is 14.2 Å². The van der Waals surface area contributed by atoms with Crippen LogP contribution >= 0.6 is 0 Å². The lowest BCUT2D eigenvalue weighted by atomic mass is 10.0. The number of amides is 1. The fourth-order valence-electron chi connectivity index (χ4n) is 4.15. The summed E-state index contributed by atoms with van der Waals surface area (Å²) in [7, 11) is 3.24. The zero-order valence-corrected chi connectivity index (χ0v) is 19.1. The van der Waals surface area contributed by atoms with Crippen LogP contribution in [-0.2, 0) is 11.2 Å². The molecule has 7 nitrogen and oxygen atoms in total. The van der Waals surface area contributed by atoms with Crippen molar-refractivity contribution in [2.45, 2.75) is 39.7 Å². The Morgan fingerprint density at radius 2 is 1.91 bits per heavy atom. The molecule has 0 saturated carbocycles. The number of benzene rings is 2. The van der Waals surface area contributed by atoms with E-state index in [4.69, 9.17) is 19.6 Å². The zero-order valence-electron chi connectivity index (χ0n) is 19.1. The van der Waals surface area contributed by atoms with E-state index in [0.29, 0.717) is 18.6 Å². The van der Waals surface area contributed by atoms with Crippen molar-refractivity contribution >= 4 is 22.5 Å². The average molecular weight is 433 g/mol. The molecule has 4 aromatic rings. The van der Waals surface area contributed by atoms with Gasteiger partial charge in [0.1, 0.15) is 11.5 Å². The van der Waals surface area contributed by atoms with E-state index in [-0.39, 0.29) is 11.9 Å². The summed E-state index contributed by atoms with van der Waals surface area (Å²) in [6, 6.07) is 13.3. The van der Waals surface area contributed by atoms with Gasteiger partial charge in [-0.05, 0) is 63.1 Å². The molecule has 0 aliphatic heterocycles. The van der Waals surface area contributed by atoms with Crippen LogP contribution in [0.15, 0.2) is 42.5 Å². The Balaban J connectivity index is 1.51. The highest BCUT2D eigenvalue weighted by molar-refractivity contribution is 5.92. The van der Waals surface area contributed by atoms with Gasteiger partial charge in [0.2, 0.25) is 5.91 Å². The van der Waals surface area contributed by atoms with Gasteiger partial charge in [-0.1, -0.05) is 12.1 Å². The number of aryl methyl sites for hydroxylation is 2. The molecule has 2 aromatic heterocycles. The number of rotatable bonds is 7. The maximum absolute atomic E-state index is 12.8. The van der Waals surface area contributed by atoms with Gasteiger partial charge in [-0.25, -0.2) is 9.50 Å². The fourth-order valence-corrected chi connectivity index (χ4v) is 4.15. The lowest BCUT2D eigenvalue weighted by molar-refractivity contribution is -0.121. The highest BCUT2D eigenvalue weighted by atomic mass is 16.5. The second-order valence-corrected chi connectivity index (χ2v) is 7.91. The van der Waals surface area contributed by atoms with Crippen LogP contribution in [0.25, 0.3) is 16.6 Å². The van der Waals surface area contributed by atoms with E-state index < -0.39 is 0 Å². The van der Waals surface area contributed by atoms with Crippen LogP contribution in [0.2, 0.25) is 0 Å². The van der Waals surface area contributed by atoms with Crippen molar-refractivity contribution < 1.29 is 14.3 Å². The monoisotopic (exact) mass is 432 g/mol. The summed E-state index contributed by atoms with van der Waals surface area (Å²) < 4.78 is 12.6. The first-order chi connectivity index (χ1) is 15.4. The van der Waals surface area contributed by atoms with Gasteiger partial charge in [0.15, 0.2) is 5.65 Å². The molecule has 1 atom stereocenters. The van der Waals surface area contributed by atoms with Crippen LogP contribution in [-0.4, -0.2) is 34.7 Å². The van der Waals surface area contributed by atoms with Crippen LogP contribution in [0, 0.1) is 13.8 Å². The predicted octanol–water partition coefficient (Wildman–Crippen LogP) is 4.33. The highest BCUT2D eigenvalue weighted by Gasteiger charge is 2.18. The summed E-state index contributed by atoms with van der Waals surface area (Å²) in [6.45, 7) is 5.96. The number of methoxy groups -OCH3 is 2. The number of ether oxygens (including phenoxy) is 2. The smallest absolute Gasteiger partial charge is 0.220 e. The van der Waals surface area contributed by atoms with Crippen LogP contribution in [0.4, 0.5) is 0 Å². The molecule has 7 heteroatoms. The molecule has 0 unspecified atom stereocenters. The number of carbonyl (C=O) groups excluding carboxylic acids is 1. The Kier molecular flexibility index (Phi) is 5.99. The van der Waals surface area contributed by atoms with Crippen molar-refractivity contribution in [3.63, 3.8) is 0 Å². The normalized spacial score (nSPS) is 12.2. The van der Waals surface area contributed by atoms with Crippen molar-refractivity contribution in [1.82, 2.24) is 19.9 Å². The van der Waals surface area contributed by atoms with Gasteiger partial charge in [0.05, 0.1) is 25.8 Å². The van der Waals surface area contributed by atoms with Crippen LogP contribution in [0.3, 0.4) is 0 Å². The molecule has 0 spiro atoms. The number of aromatic nitrogens is 3. The topological polar surface area (TPSA) is 77.8 Å². The van der Waals surface area contributed by atoms with E-state index in [9.17, 15) is 4.79 Å². The van der Waals surface area contributed by atoms with Gasteiger partial charge in [-0.3, -0.25) is 4.79 Å². The third-order valence-electron chi connectivity index (χ3n) is 5.90. The van der Waals surface area contributed by atoms with E-state index in [1.807, 2.05) is 67.8 Å². The maximum Gasteiger partial charge on any atom is 0.220 e. The summed E-state index contributed by atoms with van der Waals surface area (Å²) >= 11 is 0. The second kappa shape index (κ2) is 8.86. The number of carbonyl (C=O) groups is 1. The Morgan fingerprint density at radius 3 is 2.66 bits per heavy atom. The minimum absolute atomic E-state index is 0.0353. The number of nitrogens with zero attached hydrogens (tertiary/aromatic N) is 3. The van der Waals surface area contributed by atoms with Crippen LogP contribution in [0.5, 0.6) is 11.5 Å². The van der Waals surface area contributed by atoms with E-state index in [2.05, 4.69) is 5.32 Å². The molecular formula is C25H28N4O3. The first-order valence-electron chi connectivity index (χ1n) is 10.7. The quantitative estimate of drug-likeness (QED) is 0.470. The maximum atomic E-state index is 12.8. The molecule has 0 radical (unpaired) electrons. The van der Waals surface area contributed by atoms with Crippen molar-refractivity contribution in [2.24, 2.45) is 0 Å². The van der Waals surface area contributed by atoms with Gasteiger partial charge in [-0.2, -0.15) is 5.10 Å². The molecule has 0 aliphatic rings. The second-order valence-electron chi connectivity index (χ2n) is 7.91. The molecular weight excluding hydrogens is 404 g/mol. The number of nitrogens with one attached hydrogen (secondary N) is 1. The molecule has 0 saturated heterocycles. The van der Waals surface area contributed by atoms with Gasteiger partial charge >= 0.3 is 0 Å². The molecule has 1 N–H and O–H groups in total. The van der Waals surface area contributed by atoms with E-state index >= 15 is 0 Å². The Bertz CT molecular complexity index is 1300. The van der Waals surface area contributed by atoms with Gasteiger partial charge in [-0.15, -0.1) is 0 Å². The third kappa shape index (κ3) is 3.98.